The number of aromatic nitrogens is 1. The van der Waals surface area contributed by atoms with Crippen molar-refractivity contribution in [3.63, 3.8) is 0 Å². The van der Waals surface area contributed by atoms with Crippen molar-refractivity contribution in [1.29, 1.82) is 0 Å². The van der Waals surface area contributed by atoms with Crippen LogP contribution >= 0.6 is 0 Å². The lowest BCUT2D eigenvalue weighted by atomic mass is 9.98. The highest BCUT2D eigenvalue weighted by Crippen LogP contribution is 2.31. The molecule has 0 saturated carbocycles. The van der Waals surface area contributed by atoms with Gasteiger partial charge in [-0.2, -0.15) is 0 Å². The van der Waals surface area contributed by atoms with E-state index in [0.717, 1.165) is 25.4 Å². The van der Waals surface area contributed by atoms with Crippen LogP contribution in [-0.4, -0.2) is 29.6 Å². The molecule has 0 unspecified atom stereocenters. The lowest BCUT2D eigenvalue weighted by Gasteiger charge is -2.21. The van der Waals surface area contributed by atoms with Gasteiger partial charge in [-0.05, 0) is 41.8 Å². The van der Waals surface area contributed by atoms with E-state index in [1.807, 2.05) is 31.5 Å². The Labute approximate surface area is 166 Å². The van der Waals surface area contributed by atoms with Crippen molar-refractivity contribution in [2.45, 2.75) is 26.1 Å². The van der Waals surface area contributed by atoms with Crippen molar-refractivity contribution in [1.82, 2.24) is 9.88 Å². The van der Waals surface area contributed by atoms with Crippen LogP contribution in [0.25, 0.3) is 0 Å². The summed E-state index contributed by atoms with van der Waals surface area (Å²) >= 11 is 0. The predicted octanol–water partition coefficient (Wildman–Crippen LogP) is 4.60. The molecule has 1 aromatic heterocycles. The minimum absolute atomic E-state index is 0.0634. The van der Waals surface area contributed by atoms with Gasteiger partial charge in [-0.25, -0.2) is 0 Å². The molecule has 28 heavy (non-hydrogen) atoms. The summed E-state index contributed by atoms with van der Waals surface area (Å²) in [5.74, 6) is 0.973. The van der Waals surface area contributed by atoms with E-state index < -0.39 is 0 Å². The number of ether oxygens (including phenoxy) is 2. The summed E-state index contributed by atoms with van der Waals surface area (Å²) in [4.78, 5) is 6.64. The molecule has 2 heterocycles. The van der Waals surface area contributed by atoms with Crippen LogP contribution in [-0.2, 0) is 17.8 Å². The van der Waals surface area contributed by atoms with Gasteiger partial charge in [-0.3, -0.25) is 9.88 Å². The SMILES string of the molecule is CCO[C@@H](c1ccccc1)c1ccc2c(c1)CN(Cc1cccnc1)CCO2. The van der Waals surface area contributed by atoms with Crippen LogP contribution in [0.2, 0.25) is 0 Å². The maximum Gasteiger partial charge on any atom is 0.123 e. The van der Waals surface area contributed by atoms with Crippen molar-refractivity contribution in [3.8, 4) is 5.75 Å². The molecule has 0 aliphatic carbocycles. The molecular formula is C24H26N2O2. The van der Waals surface area contributed by atoms with Crippen LogP contribution in [0.15, 0.2) is 73.1 Å². The molecule has 0 bridgehead atoms. The summed E-state index contributed by atoms with van der Waals surface area (Å²) < 4.78 is 12.1. The summed E-state index contributed by atoms with van der Waals surface area (Å²) in [6, 6.07) is 21.0. The Kier molecular flexibility index (Phi) is 6.00. The Morgan fingerprint density at radius 2 is 1.96 bits per heavy atom. The largest absolute Gasteiger partial charge is 0.492 e. The molecule has 0 radical (unpaired) electrons. The Morgan fingerprint density at radius 1 is 1.07 bits per heavy atom. The van der Waals surface area contributed by atoms with E-state index >= 15 is 0 Å². The summed E-state index contributed by atoms with van der Waals surface area (Å²) in [6.07, 6.45) is 3.68. The molecule has 1 aliphatic rings. The summed E-state index contributed by atoms with van der Waals surface area (Å²) in [5.41, 5.74) is 4.77. The molecular weight excluding hydrogens is 348 g/mol. The lowest BCUT2D eigenvalue weighted by molar-refractivity contribution is 0.0912. The summed E-state index contributed by atoms with van der Waals surface area (Å²) in [7, 11) is 0. The van der Waals surface area contributed by atoms with Gasteiger partial charge < -0.3 is 9.47 Å². The Balaban J connectivity index is 1.59. The fourth-order valence-corrected chi connectivity index (χ4v) is 3.70. The van der Waals surface area contributed by atoms with Crippen molar-refractivity contribution < 1.29 is 9.47 Å². The molecule has 2 aromatic carbocycles. The van der Waals surface area contributed by atoms with E-state index in [-0.39, 0.29) is 6.10 Å². The second kappa shape index (κ2) is 9.00. The second-order valence-corrected chi connectivity index (χ2v) is 7.03. The van der Waals surface area contributed by atoms with E-state index in [0.29, 0.717) is 13.2 Å². The van der Waals surface area contributed by atoms with E-state index in [4.69, 9.17) is 9.47 Å². The predicted molar refractivity (Wildman–Crippen MR) is 110 cm³/mol. The van der Waals surface area contributed by atoms with Crippen molar-refractivity contribution in [3.05, 3.63) is 95.3 Å². The zero-order chi connectivity index (χ0) is 19.2. The number of hydrogen-bond acceptors (Lipinski definition) is 4. The van der Waals surface area contributed by atoms with Gasteiger partial charge in [0.1, 0.15) is 18.5 Å². The molecule has 3 aromatic rings. The lowest BCUT2D eigenvalue weighted by Crippen LogP contribution is -2.25. The highest BCUT2D eigenvalue weighted by atomic mass is 16.5. The first-order valence-electron chi connectivity index (χ1n) is 9.87. The Morgan fingerprint density at radius 3 is 2.75 bits per heavy atom. The van der Waals surface area contributed by atoms with Gasteiger partial charge >= 0.3 is 0 Å². The van der Waals surface area contributed by atoms with E-state index in [1.54, 1.807) is 0 Å². The number of pyridine rings is 1. The van der Waals surface area contributed by atoms with Crippen LogP contribution < -0.4 is 4.74 Å². The van der Waals surface area contributed by atoms with Crippen LogP contribution in [0.4, 0.5) is 0 Å². The normalized spacial score (nSPS) is 15.3. The first kappa shape index (κ1) is 18.7. The maximum atomic E-state index is 6.10. The third-order valence-electron chi connectivity index (χ3n) is 5.01. The average Bonchev–Trinajstić information content (AvgIpc) is 2.94. The Hall–Kier alpha value is -2.69. The average molecular weight is 374 g/mol. The van der Waals surface area contributed by atoms with Crippen LogP contribution in [0, 0.1) is 0 Å². The quantitative estimate of drug-likeness (QED) is 0.631. The molecule has 4 rings (SSSR count). The topological polar surface area (TPSA) is 34.6 Å². The van der Waals surface area contributed by atoms with Crippen molar-refractivity contribution >= 4 is 0 Å². The van der Waals surface area contributed by atoms with Gasteiger partial charge in [-0.1, -0.05) is 42.5 Å². The molecule has 1 atom stereocenters. The molecule has 0 N–H and O–H groups in total. The van der Waals surface area contributed by atoms with E-state index in [2.05, 4.69) is 58.4 Å². The van der Waals surface area contributed by atoms with E-state index in [1.165, 1.54) is 22.3 Å². The van der Waals surface area contributed by atoms with Crippen molar-refractivity contribution in [2.75, 3.05) is 19.8 Å². The molecule has 4 heteroatoms. The number of benzene rings is 2. The zero-order valence-corrected chi connectivity index (χ0v) is 16.3. The van der Waals surface area contributed by atoms with Gasteiger partial charge in [0, 0.05) is 44.2 Å². The van der Waals surface area contributed by atoms with Crippen LogP contribution in [0.1, 0.15) is 35.3 Å². The van der Waals surface area contributed by atoms with Gasteiger partial charge in [0.05, 0.1) is 0 Å². The molecule has 0 saturated heterocycles. The molecule has 4 nitrogen and oxygen atoms in total. The maximum absolute atomic E-state index is 6.10. The smallest absolute Gasteiger partial charge is 0.123 e. The first-order chi connectivity index (χ1) is 13.8. The summed E-state index contributed by atoms with van der Waals surface area (Å²) in [5, 5.41) is 0. The van der Waals surface area contributed by atoms with Gasteiger partial charge in [0.2, 0.25) is 0 Å². The zero-order valence-electron chi connectivity index (χ0n) is 16.3. The molecule has 0 spiro atoms. The molecule has 0 amide bonds. The van der Waals surface area contributed by atoms with Gasteiger partial charge in [0.15, 0.2) is 0 Å². The molecule has 144 valence electrons. The third kappa shape index (κ3) is 4.41. The highest BCUT2D eigenvalue weighted by molar-refractivity contribution is 5.41. The van der Waals surface area contributed by atoms with Gasteiger partial charge in [-0.15, -0.1) is 0 Å². The second-order valence-electron chi connectivity index (χ2n) is 7.03. The number of hydrogen-bond donors (Lipinski definition) is 0. The fraction of sp³-hybridized carbons (Fsp3) is 0.292. The molecule has 0 fully saturated rings. The third-order valence-corrected chi connectivity index (χ3v) is 5.01. The highest BCUT2D eigenvalue weighted by Gasteiger charge is 2.20. The number of rotatable bonds is 6. The minimum atomic E-state index is -0.0634. The molecule has 1 aliphatic heterocycles. The minimum Gasteiger partial charge on any atom is -0.492 e. The van der Waals surface area contributed by atoms with Gasteiger partial charge in [0.25, 0.3) is 0 Å². The van der Waals surface area contributed by atoms with Crippen LogP contribution in [0.3, 0.4) is 0 Å². The van der Waals surface area contributed by atoms with Crippen molar-refractivity contribution in [2.24, 2.45) is 0 Å². The first-order valence-corrected chi connectivity index (χ1v) is 9.87. The van der Waals surface area contributed by atoms with Crippen LogP contribution in [0.5, 0.6) is 5.75 Å². The standard InChI is InChI=1S/C24H26N2O2/c1-2-27-24(20-8-4-3-5-9-20)21-10-11-23-22(15-21)18-26(13-14-28-23)17-19-7-6-12-25-16-19/h3-12,15-16,24H,2,13-14,17-18H2,1H3/t24-/m0/s1. The number of nitrogens with zero attached hydrogens (tertiary/aromatic N) is 2. The summed E-state index contributed by atoms with van der Waals surface area (Å²) in [6.45, 7) is 6.02. The van der Waals surface area contributed by atoms with E-state index in [9.17, 15) is 0 Å². The Bertz CT molecular complexity index is 884. The number of fused-ring (bicyclic) bond motifs is 1. The fourth-order valence-electron chi connectivity index (χ4n) is 3.70. The monoisotopic (exact) mass is 374 g/mol.